The van der Waals surface area contributed by atoms with Gasteiger partial charge in [-0.3, -0.25) is 9.69 Å². The molecule has 10 heteroatoms. The molecule has 2 N–H and O–H groups in total. The van der Waals surface area contributed by atoms with Crippen LogP contribution in [0.1, 0.15) is 53.1 Å². The normalized spacial score (nSPS) is 18.2. The minimum atomic E-state index is -0.847. The van der Waals surface area contributed by atoms with Crippen LogP contribution in [0.25, 0.3) is 21.1 Å². The molecule has 9 nitrogen and oxygen atoms in total. The van der Waals surface area contributed by atoms with E-state index in [4.69, 9.17) is 4.74 Å². The van der Waals surface area contributed by atoms with Gasteiger partial charge in [-0.1, -0.05) is 17.3 Å². The van der Waals surface area contributed by atoms with Crippen LogP contribution in [0.3, 0.4) is 0 Å². The SMILES string of the molecule is Cc1c([C@@H](CC(=O)O)c2cc(CN3Cc4nc(O)ccc4O[C@@H](C4CC4)C3)c3sccc3c2)ccc2c1nnn2C. The summed E-state index contributed by atoms with van der Waals surface area (Å²) in [6.07, 6.45) is 2.37. The molecule has 1 saturated carbocycles. The van der Waals surface area contributed by atoms with Gasteiger partial charge in [0.25, 0.3) is 0 Å². The van der Waals surface area contributed by atoms with Gasteiger partial charge in [0.15, 0.2) is 0 Å². The van der Waals surface area contributed by atoms with Crippen LogP contribution >= 0.6 is 11.3 Å². The fourth-order valence-electron chi connectivity index (χ4n) is 6.21. The Kier molecular flexibility index (Phi) is 6.39. The second-order valence-corrected chi connectivity index (χ2v) is 12.2. The van der Waals surface area contributed by atoms with E-state index in [1.54, 1.807) is 22.1 Å². The van der Waals surface area contributed by atoms with Crippen molar-refractivity contribution in [1.29, 1.82) is 0 Å². The third-order valence-electron chi connectivity index (χ3n) is 8.44. The van der Waals surface area contributed by atoms with Crippen molar-refractivity contribution in [2.24, 2.45) is 13.0 Å². The molecule has 0 amide bonds. The van der Waals surface area contributed by atoms with Crippen molar-refractivity contribution in [1.82, 2.24) is 24.9 Å². The monoisotopic (exact) mass is 569 g/mol. The number of hydrogen-bond donors (Lipinski definition) is 2. The van der Waals surface area contributed by atoms with Crippen molar-refractivity contribution in [2.45, 2.75) is 51.3 Å². The highest BCUT2D eigenvalue weighted by Gasteiger charge is 2.37. The second kappa shape index (κ2) is 10.1. The third-order valence-corrected chi connectivity index (χ3v) is 9.44. The number of carboxylic acids is 1. The summed E-state index contributed by atoms with van der Waals surface area (Å²) in [6, 6.07) is 13.8. The summed E-state index contributed by atoms with van der Waals surface area (Å²) in [4.78, 5) is 18.9. The Labute approximate surface area is 241 Å². The van der Waals surface area contributed by atoms with Crippen LogP contribution in [0.4, 0.5) is 0 Å². The minimum absolute atomic E-state index is 0.00762. The number of carbonyl (C=O) groups is 1. The van der Waals surface area contributed by atoms with Crippen LogP contribution in [0.2, 0.25) is 0 Å². The largest absolute Gasteiger partial charge is 0.493 e. The van der Waals surface area contributed by atoms with E-state index in [0.29, 0.717) is 19.0 Å². The van der Waals surface area contributed by atoms with Gasteiger partial charge in [0.05, 0.1) is 11.9 Å². The summed E-state index contributed by atoms with van der Waals surface area (Å²) < 4.78 is 9.33. The van der Waals surface area contributed by atoms with Crippen LogP contribution in [0.15, 0.2) is 47.8 Å². The van der Waals surface area contributed by atoms with Crippen molar-refractivity contribution < 1.29 is 19.7 Å². The lowest BCUT2D eigenvalue weighted by Crippen LogP contribution is -2.34. The fourth-order valence-corrected chi connectivity index (χ4v) is 7.10. The quantitative estimate of drug-likeness (QED) is 0.269. The molecule has 1 aliphatic carbocycles. The Balaban J connectivity index is 1.29. The van der Waals surface area contributed by atoms with Gasteiger partial charge in [-0.15, -0.1) is 16.4 Å². The first kappa shape index (κ1) is 25.9. The number of hydrogen-bond acceptors (Lipinski definition) is 8. The summed E-state index contributed by atoms with van der Waals surface area (Å²) in [5, 5.41) is 31.8. The molecular formula is C31H31N5O4S. The highest BCUT2D eigenvalue weighted by molar-refractivity contribution is 7.17. The molecule has 2 aliphatic rings. The van der Waals surface area contributed by atoms with Gasteiger partial charge < -0.3 is 14.9 Å². The van der Waals surface area contributed by atoms with Crippen LogP contribution in [0, 0.1) is 12.8 Å². The number of aromatic nitrogens is 4. The predicted molar refractivity (Wildman–Crippen MR) is 156 cm³/mol. The third kappa shape index (κ3) is 4.91. The number of aliphatic carboxylic acids is 1. The molecule has 3 aromatic heterocycles. The second-order valence-electron chi connectivity index (χ2n) is 11.3. The summed E-state index contributed by atoms with van der Waals surface area (Å²) in [5.74, 6) is 0.0812. The fraction of sp³-hybridized carbons (Fsp3) is 0.355. The molecule has 4 heterocycles. The van der Waals surface area contributed by atoms with E-state index in [0.717, 1.165) is 69.5 Å². The van der Waals surface area contributed by atoms with E-state index in [9.17, 15) is 15.0 Å². The van der Waals surface area contributed by atoms with E-state index in [-0.39, 0.29) is 24.3 Å². The lowest BCUT2D eigenvalue weighted by atomic mass is 9.84. The molecule has 0 radical (unpaired) electrons. The standard InChI is InChI=1S/C31H31N5O4S/c1-17-22(5-6-25-30(17)33-34-35(25)2)23(13-29(38)39)20-11-19-9-10-41-31(19)21(12-20)14-36-15-24-26(7-8-28(37)32-24)40-27(16-36)18-3-4-18/h5-12,18,23,27H,3-4,13-16H2,1-2H3,(H,32,37)(H,38,39)/t23-,27+/m0/s1. The smallest absolute Gasteiger partial charge is 0.304 e. The molecule has 210 valence electrons. The molecular weight excluding hydrogens is 538 g/mol. The van der Waals surface area contributed by atoms with E-state index in [1.165, 1.54) is 4.70 Å². The number of aromatic hydroxyl groups is 1. The first-order chi connectivity index (χ1) is 19.8. The highest BCUT2D eigenvalue weighted by Crippen LogP contribution is 2.40. The Bertz CT molecular complexity index is 1790. The summed E-state index contributed by atoms with van der Waals surface area (Å²) in [6.45, 7) is 3.99. The van der Waals surface area contributed by atoms with Crippen LogP contribution in [0.5, 0.6) is 11.6 Å². The topological polar surface area (TPSA) is 114 Å². The highest BCUT2D eigenvalue weighted by atomic mass is 32.1. The molecule has 0 unspecified atom stereocenters. The zero-order valence-corrected chi connectivity index (χ0v) is 23.8. The molecule has 1 fully saturated rings. The van der Waals surface area contributed by atoms with E-state index >= 15 is 0 Å². The number of rotatable bonds is 7. The van der Waals surface area contributed by atoms with E-state index in [1.807, 2.05) is 32.2 Å². The minimum Gasteiger partial charge on any atom is -0.493 e. The lowest BCUT2D eigenvalue weighted by molar-refractivity contribution is -0.137. The molecule has 7 rings (SSSR count). The van der Waals surface area contributed by atoms with Crippen molar-refractivity contribution in [2.75, 3.05) is 6.54 Å². The first-order valence-electron chi connectivity index (χ1n) is 13.9. The Morgan fingerprint density at radius 2 is 2.05 bits per heavy atom. The first-order valence-corrected chi connectivity index (χ1v) is 14.8. The Morgan fingerprint density at radius 1 is 1.20 bits per heavy atom. The van der Waals surface area contributed by atoms with Crippen molar-refractivity contribution in [3.8, 4) is 11.6 Å². The maximum Gasteiger partial charge on any atom is 0.304 e. The molecule has 2 aromatic carbocycles. The van der Waals surface area contributed by atoms with Gasteiger partial charge in [0, 0.05) is 43.4 Å². The average molecular weight is 570 g/mol. The molecule has 0 spiro atoms. The van der Waals surface area contributed by atoms with Gasteiger partial charge in [-0.25, -0.2) is 9.67 Å². The molecule has 0 bridgehead atoms. The van der Waals surface area contributed by atoms with Crippen molar-refractivity contribution >= 4 is 38.4 Å². The number of nitrogens with zero attached hydrogens (tertiary/aromatic N) is 5. The van der Waals surface area contributed by atoms with Crippen molar-refractivity contribution in [3.63, 3.8) is 0 Å². The van der Waals surface area contributed by atoms with Gasteiger partial charge in [-0.2, -0.15) is 0 Å². The van der Waals surface area contributed by atoms with Gasteiger partial charge in [0.1, 0.15) is 23.1 Å². The van der Waals surface area contributed by atoms with E-state index in [2.05, 4.69) is 43.8 Å². The van der Waals surface area contributed by atoms with Gasteiger partial charge in [0.2, 0.25) is 5.88 Å². The molecule has 41 heavy (non-hydrogen) atoms. The summed E-state index contributed by atoms with van der Waals surface area (Å²) in [7, 11) is 1.86. The Hall–Kier alpha value is -4.02. The maximum atomic E-state index is 12.2. The zero-order valence-electron chi connectivity index (χ0n) is 22.9. The number of benzene rings is 2. The van der Waals surface area contributed by atoms with Crippen molar-refractivity contribution in [3.05, 3.63) is 75.8 Å². The Morgan fingerprint density at radius 3 is 2.85 bits per heavy atom. The number of ether oxygens (including phenoxy) is 1. The number of aryl methyl sites for hydroxylation is 2. The molecule has 2 atom stereocenters. The molecule has 1 aliphatic heterocycles. The van der Waals surface area contributed by atoms with Crippen LogP contribution in [-0.2, 0) is 24.9 Å². The number of pyridine rings is 1. The summed E-state index contributed by atoms with van der Waals surface area (Å²) in [5.41, 5.74) is 6.48. The summed E-state index contributed by atoms with van der Waals surface area (Å²) >= 11 is 1.70. The predicted octanol–water partition coefficient (Wildman–Crippen LogP) is 5.37. The molecule has 5 aromatic rings. The van der Waals surface area contributed by atoms with Gasteiger partial charge >= 0.3 is 5.97 Å². The number of fused-ring (bicyclic) bond motifs is 3. The van der Waals surface area contributed by atoms with Gasteiger partial charge in [-0.05, 0) is 83.0 Å². The maximum absolute atomic E-state index is 12.2. The molecule has 0 saturated heterocycles. The van der Waals surface area contributed by atoms with E-state index < -0.39 is 5.97 Å². The number of carboxylic acid groups (broad SMARTS) is 1. The average Bonchev–Trinajstić information content (AvgIpc) is 3.60. The van der Waals surface area contributed by atoms with Crippen LogP contribution < -0.4 is 4.74 Å². The zero-order chi connectivity index (χ0) is 28.2. The number of thiophene rings is 1. The van der Waals surface area contributed by atoms with Crippen LogP contribution in [-0.4, -0.2) is 53.7 Å². The lowest BCUT2D eigenvalue weighted by Gasteiger charge is -2.25.